The minimum atomic E-state index is -0.953. The predicted molar refractivity (Wildman–Crippen MR) is 124 cm³/mol. The second-order valence-electron chi connectivity index (χ2n) is 8.74. The highest BCUT2D eigenvalue weighted by molar-refractivity contribution is 6.00. The Hall–Kier alpha value is -4.21. The van der Waals surface area contributed by atoms with Gasteiger partial charge in [0.1, 0.15) is 6.61 Å². The van der Waals surface area contributed by atoms with Crippen molar-refractivity contribution < 1.29 is 28.9 Å². The van der Waals surface area contributed by atoms with Crippen LogP contribution in [-0.2, 0) is 9.53 Å². The van der Waals surface area contributed by atoms with Gasteiger partial charge in [0.05, 0.1) is 5.92 Å². The van der Waals surface area contributed by atoms with Crippen LogP contribution in [0, 0.1) is 5.92 Å². The van der Waals surface area contributed by atoms with E-state index in [2.05, 4.69) is 15.6 Å². The number of nitrogens with zero attached hydrogens (tertiary/aromatic N) is 3. The van der Waals surface area contributed by atoms with Crippen molar-refractivity contribution in [3.05, 3.63) is 65.4 Å². The summed E-state index contributed by atoms with van der Waals surface area (Å²) < 4.78 is 10.2. The summed E-state index contributed by atoms with van der Waals surface area (Å²) in [7, 11) is 0. The van der Waals surface area contributed by atoms with Crippen molar-refractivity contribution in [3.8, 4) is 11.1 Å². The largest absolute Gasteiger partial charge is 0.481 e. The smallest absolute Gasteiger partial charge is 0.412 e. The second-order valence-corrected chi connectivity index (χ2v) is 8.74. The number of ether oxygens (including phenoxy) is 1. The van der Waals surface area contributed by atoms with Gasteiger partial charge in [0.2, 0.25) is 11.5 Å². The molecule has 35 heavy (non-hydrogen) atoms. The fourth-order valence-electron chi connectivity index (χ4n) is 5.04. The lowest BCUT2D eigenvalue weighted by atomic mass is 9.90. The van der Waals surface area contributed by atoms with Gasteiger partial charge >= 0.3 is 12.1 Å². The minimum Gasteiger partial charge on any atom is -0.481 e. The van der Waals surface area contributed by atoms with Gasteiger partial charge in [-0.2, -0.15) is 0 Å². The summed E-state index contributed by atoms with van der Waals surface area (Å²) in [6.45, 7) is 2.15. The zero-order valence-electron chi connectivity index (χ0n) is 19.0. The lowest BCUT2D eigenvalue weighted by molar-refractivity contribution is -0.145. The number of carboxylic acid groups (broad SMARTS) is 1. The van der Waals surface area contributed by atoms with Gasteiger partial charge in [0, 0.05) is 18.5 Å². The van der Waals surface area contributed by atoms with Crippen LogP contribution >= 0.6 is 0 Å². The van der Waals surface area contributed by atoms with Crippen LogP contribution < -0.4 is 5.32 Å². The maximum atomic E-state index is 13.1. The Morgan fingerprint density at radius 1 is 1.09 bits per heavy atom. The Kier molecular flexibility index (Phi) is 5.94. The third-order valence-electron chi connectivity index (χ3n) is 6.82. The first-order valence-corrected chi connectivity index (χ1v) is 11.4. The molecule has 2 aromatic carbocycles. The van der Waals surface area contributed by atoms with Crippen molar-refractivity contribution in [3.63, 3.8) is 0 Å². The molecule has 10 nitrogen and oxygen atoms in total. The summed E-state index contributed by atoms with van der Waals surface area (Å²) in [5.41, 5.74) is 4.18. The van der Waals surface area contributed by atoms with Gasteiger partial charge in [-0.1, -0.05) is 48.5 Å². The second kappa shape index (κ2) is 9.21. The number of benzene rings is 2. The Morgan fingerprint density at radius 3 is 2.40 bits per heavy atom. The van der Waals surface area contributed by atoms with E-state index in [0.29, 0.717) is 19.4 Å². The molecule has 2 amide bonds. The molecule has 1 aromatic heterocycles. The summed E-state index contributed by atoms with van der Waals surface area (Å²) in [4.78, 5) is 38.6. The van der Waals surface area contributed by atoms with Crippen molar-refractivity contribution in [1.29, 1.82) is 0 Å². The lowest BCUT2D eigenvalue weighted by Crippen LogP contribution is -2.49. The van der Waals surface area contributed by atoms with Gasteiger partial charge in [-0.15, -0.1) is 0 Å². The SMILES string of the molecule is C[C@@H]1[C@H](C(=O)O)CCCN1C(=O)c1nonc1NC(=O)OCC1c2ccccc2-c2ccccc21. The summed E-state index contributed by atoms with van der Waals surface area (Å²) >= 11 is 0. The molecule has 1 fully saturated rings. The van der Waals surface area contributed by atoms with Gasteiger partial charge in [-0.3, -0.25) is 14.9 Å². The molecule has 2 aliphatic rings. The number of hydrogen-bond acceptors (Lipinski definition) is 7. The Bertz CT molecular complexity index is 1240. The average molecular weight is 476 g/mol. The lowest BCUT2D eigenvalue weighted by Gasteiger charge is -2.36. The first-order chi connectivity index (χ1) is 17.0. The highest BCUT2D eigenvalue weighted by Gasteiger charge is 2.38. The predicted octanol–water partition coefficient (Wildman–Crippen LogP) is 3.76. The Morgan fingerprint density at radius 2 is 1.74 bits per heavy atom. The van der Waals surface area contributed by atoms with Crippen LogP contribution in [0.3, 0.4) is 0 Å². The number of carbonyl (C=O) groups is 3. The summed E-state index contributed by atoms with van der Waals surface area (Å²) in [6, 6.07) is 15.4. The van der Waals surface area contributed by atoms with E-state index < -0.39 is 29.9 Å². The maximum Gasteiger partial charge on any atom is 0.412 e. The van der Waals surface area contributed by atoms with Crippen LogP contribution in [0.25, 0.3) is 11.1 Å². The number of carbonyl (C=O) groups excluding carboxylic acids is 2. The van der Waals surface area contributed by atoms with Crippen molar-refractivity contribution >= 4 is 23.8 Å². The van der Waals surface area contributed by atoms with E-state index in [9.17, 15) is 19.5 Å². The number of aromatic nitrogens is 2. The molecule has 2 N–H and O–H groups in total. The summed E-state index contributed by atoms with van der Waals surface area (Å²) in [5.74, 6) is -2.47. The van der Waals surface area contributed by atoms with Crippen molar-refractivity contribution in [1.82, 2.24) is 15.2 Å². The van der Waals surface area contributed by atoms with Gasteiger partial charge in [0.25, 0.3) is 5.91 Å². The van der Waals surface area contributed by atoms with Gasteiger partial charge in [-0.25, -0.2) is 9.42 Å². The number of rotatable bonds is 5. The first-order valence-electron chi connectivity index (χ1n) is 11.4. The zero-order valence-corrected chi connectivity index (χ0v) is 19.0. The van der Waals surface area contributed by atoms with Crippen molar-refractivity contribution in [2.75, 3.05) is 18.5 Å². The van der Waals surface area contributed by atoms with E-state index >= 15 is 0 Å². The van der Waals surface area contributed by atoms with Gasteiger partial charge < -0.3 is 14.7 Å². The zero-order chi connectivity index (χ0) is 24.5. The molecule has 2 heterocycles. The number of hydrogen-bond donors (Lipinski definition) is 2. The molecule has 0 saturated carbocycles. The average Bonchev–Trinajstić information content (AvgIpc) is 3.44. The molecular formula is C25H24N4O6. The van der Waals surface area contributed by atoms with E-state index in [1.54, 1.807) is 6.92 Å². The summed E-state index contributed by atoms with van der Waals surface area (Å²) in [5, 5.41) is 19.2. The molecule has 10 heteroatoms. The minimum absolute atomic E-state index is 0.0951. The molecule has 1 saturated heterocycles. The normalized spacial score (nSPS) is 19.1. The fraction of sp³-hybridized carbons (Fsp3) is 0.320. The van der Waals surface area contributed by atoms with Crippen LogP contribution in [0.5, 0.6) is 0 Å². The standard InChI is InChI=1S/C25H24N4O6/c1-14-15(24(31)32)11-6-12-29(14)23(30)21-22(28-35-27-21)26-25(33)34-13-20-18-9-4-2-7-16(18)17-8-3-5-10-19(17)20/h2-5,7-10,14-15,20H,6,11-13H2,1H3,(H,31,32)(H,26,28,33)/t14-,15-/m1/s1. The molecule has 2 atom stereocenters. The number of piperidine rings is 1. The van der Waals surface area contributed by atoms with Gasteiger partial charge in [0.15, 0.2) is 0 Å². The van der Waals surface area contributed by atoms with E-state index in [4.69, 9.17) is 9.37 Å². The molecule has 5 rings (SSSR count). The Labute approximate surface area is 200 Å². The molecule has 180 valence electrons. The third kappa shape index (κ3) is 4.11. The number of anilines is 1. The fourth-order valence-corrected chi connectivity index (χ4v) is 5.04. The quantitative estimate of drug-likeness (QED) is 0.568. The molecule has 0 radical (unpaired) electrons. The molecular weight excluding hydrogens is 452 g/mol. The number of amides is 2. The van der Waals surface area contributed by atoms with Crippen LogP contribution in [-0.4, -0.2) is 57.5 Å². The van der Waals surface area contributed by atoms with Crippen LogP contribution in [0.2, 0.25) is 0 Å². The number of fused-ring (bicyclic) bond motifs is 3. The van der Waals surface area contributed by atoms with E-state index in [1.165, 1.54) is 4.90 Å². The van der Waals surface area contributed by atoms with Crippen LogP contribution in [0.1, 0.15) is 47.3 Å². The van der Waals surface area contributed by atoms with Crippen LogP contribution in [0.15, 0.2) is 53.2 Å². The van der Waals surface area contributed by atoms with Crippen LogP contribution in [0.4, 0.5) is 10.6 Å². The first kappa shape index (κ1) is 22.6. The molecule has 1 aliphatic carbocycles. The number of likely N-dealkylation sites (tertiary alicyclic amines) is 1. The maximum absolute atomic E-state index is 13.1. The monoisotopic (exact) mass is 476 g/mol. The van der Waals surface area contributed by atoms with Crippen molar-refractivity contribution in [2.45, 2.75) is 31.7 Å². The van der Waals surface area contributed by atoms with Crippen molar-refractivity contribution in [2.24, 2.45) is 5.92 Å². The van der Waals surface area contributed by atoms with E-state index in [1.807, 2.05) is 48.5 Å². The number of nitrogens with one attached hydrogen (secondary N) is 1. The van der Waals surface area contributed by atoms with E-state index in [0.717, 1.165) is 22.3 Å². The highest BCUT2D eigenvalue weighted by atomic mass is 16.6. The molecule has 3 aromatic rings. The number of carboxylic acids is 1. The number of aliphatic carboxylic acids is 1. The molecule has 0 bridgehead atoms. The van der Waals surface area contributed by atoms with E-state index in [-0.39, 0.29) is 24.0 Å². The summed E-state index contributed by atoms with van der Waals surface area (Å²) in [6.07, 6.45) is 0.238. The molecule has 1 aliphatic heterocycles. The molecule has 0 spiro atoms. The third-order valence-corrected chi connectivity index (χ3v) is 6.82. The highest BCUT2D eigenvalue weighted by Crippen LogP contribution is 2.44. The Balaban J connectivity index is 1.27. The topological polar surface area (TPSA) is 135 Å². The van der Waals surface area contributed by atoms with Gasteiger partial charge in [-0.05, 0) is 52.3 Å². The molecule has 0 unspecified atom stereocenters.